The molecule has 180 valence electrons. The zero-order valence-corrected chi connectivity index (χ0v) is 21.2. The van der Waals surface area contributed by atoms with Crippen LogP contribution in [0.4, 0.5) is 5.13 Å². The lowest BCUT2D eigenvalue weighted by Crippen LogP contribution is -2.54. The normalized spacial score (nSPS) is 19.8. The van der Waals surface area contributed by atoms with Crippen molar-refractivity contribution in [2.75, 3.05) is 37.6 Å². The number of hydrogen-bond acceptors (Lipinski definition) is 6. The monoisotopic (exact) mass is 498 g/mol. The number of nitrogens with zero attached hydrogens (tertiary/aromatic N) is 4. The number of sulfonamides is 1. The van der Waals surface area contributed by atoms with Crippen molar-refractivity contribution in [1.29, 1.82) is 0 Å². The SMILES string of the molecule is CCc1ccc2nc(N3CCN(C(=O)C4CCCN4S(=O)(=O)c4ccc(C)cc4)CC3)sc2c1. The van der Waals surface area contributed by atoms with Crippen molar-refractivity contribution < 1.29 is 13.2 Å². The number of carbonyl (C=O) groups is 1. The molecule has 5 rings (SSSR count). The minimum Gasteiger partial charge on any atom is -0.345 e. The molecule has 2 aliphatic heterocycles. The fourth-order valence-electron chi connectivity index (χ4n) is 4.76. The number of hydrogen-bond donors (Lipinski definition) is 0. The van der Waals surface area contributed by atoms with E-state index < -0.39 is 16.1 Å². The Morgan fingerprint density at radius 1 is 1.06 bits per heavy atom. The number of piperazine rings is 1. The highest BCUT2D eigenvalue weighted by molar-refractivity contribution is 7.89. The summed E-state index contributed by atoms with van der Waals surface area (Å²) in [7, 11) is -3.70. The van der Waals surface area contributed by atoms with Crippen LogP contribution in [0, 0.1) is 6.92 Å². The molecule has 0 bridgehead atoms. The van der Waals surface area contributed by atoms with Crippen molar-refractivity contribution in [3.8, 4) is 0 Å². The molecule has 1 amide bonds. The second-order valence-corrected chi connectivity index (χ2v) is 12.0. The zero-order valence-electron chi connectivity index (χ0n) is 19.6. The van der Waals surface area contributed by atoms with Gasteiger partial charge in [-0.2, -0.15) is 4.31 Å². The van der Waals surface area contributed by atoms with Gasteiger partial charge >= 0.3 is 0 Å². The largest absolute Gasteiger partial charge is 0.345 e. The third-order valence-corrected chi connectivity index (χ3v) is 9.83. The molecule has 2 aliphatic rings. The van der Waals surface area contributed by atoms with Crippen LogP contribution in [0.2, 0.25) is 0 Å². The van der Waals surface area contributed by atoms with Crippen molar-refractivity contribution in [2.45, 2.75) is 44.0 Å². The summed E-state index contributed by atoms with van der Waals surface area (Å²) in [6.45, 7) is 7.00. The zero-order chi connectivity index (χ0) is 23.9. The summed E-state index contributed by atoms with van der Waals surface area (Å²) in [5, 5.41) is 0.986. The van der Waals surface area contributed by atoms with Crippen molar-refractivity contribution >= 4 is 42.6 Å². The van der Waals surface area contributed by atoms with Gasteiger partial charge in [-0.05, 0) is 56.0 Å². The summed E-state index contributed by atoms with van der Waals surface area (Å²) in [5.74, 6) is -0.0790. The number of amides is 1. The molecule has 2 aromatic carbocycles. The average Bonchev–Trinajstić information content (AvgIpc) is 3.51. The van der Waals surface area contributed by atoms with E-state index in [0.717, 1.165) is 22.6 Å². The average molecular weight is 499 g/mol. The molecular weight excluding hydrogens is 468 g/mol. The smallest absolute Gasteiger partial charge is 0.243 e. The number of rotatable bonds is 5. The van der Waals surface area contributed by atoms with Crippen LogP contribution in [0.25, 0.3) is 10.2 Å². The van der Waals surface area contributed by atoms with Gasteiger partial charge in [0.15, 0.2) is 5.13 Å². The molecule has 0 radical (unpaired) electrons. The number of thiazole rings is 1. The number of aryl methyl sites for hydroxylation is 2. The van der Waals surface area contributed by atoms with Crippen LogP contribution >= 0.6 is 11.3 Å². The predicted octanol–water partition coefficient (Wildman–Crippen LogP) is 3.67. The highest BCUT2D eigenvalue weighted by Gasteiger charge is 2.41. The minimum absolute atomic E-state index is 0.0790. The Hall–Kier alpha value is -2.49. The number of anilines is 1. The summed E-state index contributed by atoms with van der Waals surface area (Å²) >= 11 is 1.69. The van der Waals surface area contributed by atoms with E-state index in [0.29, 0.717) is 45.6 Å². The summed E-state index contributed by atoms with van der Waals surface area (Å²) in [5.41, 5.74) is 3.32. The van der Waals surface area contributed by atoms with Crippen molar-refractivity contribution in [2.24, 2.45) is 0 Å². The maximum atomic E-state index is 13.4. The number of fused-ring (bicyclic) bond motifs is 1. The van der Waals surface area contributed by atoms with Gasteiger partial charge in [-0.1, -0.05) is 42.0 Å². The third kappa shape index (κ3) is 4.32. The van der Waals surface area contributed by atoms with Gasteiger partial charge in [-0.25, -0.2) is 13.4 Å². The molecule has 2 saturated heterocycles. The van der Waals surface area contributed by atoms with Gasteiger partial charge in [-0.15, -0.1) is 0 Å². The minimum atomic E-state index is -3.70. The first-order valence-electron chi connectivity index (χ1n) is 11.9. The lowest BCUT2D eigenvalue weighted by molar-refractivity contribution is -0.134. The Morgan fingerprint density at radius 3 is 2.50 bits per heavy atom. The highest BCUT2D eigenvalue weighted by atomic mass is 32.2. The molecule has 1 unspecified atom stereocenters. The van der Waals surface area contributed by atoms with Gasteiger partial charge < -0.3 is 9.80 Å². The summed E-state index contributed by atoms with van der Waals surface area (Å²) in [4.78, 5) is 22.5. The lowest BCUT2D eigenvalue weighted by atomic mass is 10.2. The summed E-state index contributed by atoms with van der Waals surface area (Å²) in [6.07, 6.45) is 2.27. The van der Waals surface area contributed by atoms with E-state index in [1.54, 1.807) is 35.6 Å². The van der Waals surface area contributed by atoms with Crippen molar-refractivity contribution in [3.05, 3.63) is 53.6 Å². The first-order valence-corrected chi connectivity index (χ1v) is 14.1. The molecule has 1 aromatic heterocycles. The number of aromatic nitrogens is 1. The molecule has 0 aliphatic carbocycles. The maximum absolute atomic E-state index is 13.4. The van der Waals surface area contributed by atoms with Crippen LogP contribution in [0.3, 0.4) is 0 Å². The quantitative estimate of drug-likeness (QED) is 0.537. The Labute approximate surface area is 205 Å². The molecule has 9 heteroatoms. The van der Waals surface area contributed by atoms with E-state index in [1.165, 1.54) is 14.6 Å². The first-order chi connectivity index (χ1) is 16.4. The number of carbonyl (C=O) groups excluding carboxylic acids is 1. The summed E-state index contributed by atoms with van der Waals surface area (Å²) in [6, 6.07) is 12.6. The van der Waals surface area contributed by atoms with Crippen molar-refractivity contribution in [3.63, 3.8) is 0 Å². The topological polar surface area (TPSA) is 73.8 Å². The Bertz CT molecular complexity index is 1300. The molecule has 3 heterocycles. The molecule has 0 spiro atoms. The van der Waals surface area contributed by atoms with E-state index >= 15 is 0 Å². The first kappa shape index (κ1) is 23.3. The molecule has 34 heavy (non-hydrogen) atoms. The number of benzene rings is 2. The molecule has 0 saturated carbocycles. The van der Waals surface area contributed by atoms with Gasteiger partial charge in [0.1, 0.15) is 6.04 Å². The van der Waals surface area contributed by atoms with E-state index in [-0.39, 0.29) is 10.8 Å². The van der Waals surface area contributed by atoms with E-state index in [9.17, 15) is 13.2 Å². The van der Waals surface area contributed by atoms with Gasteiger partial charge in [0.2, 0.25) is 15.9 Å². The van der Waals surface area contributed by atoms with Crippen LogP contribution < -0.4 is 4.90 Å². The van der Waals surface area contributed by atoms with Gasteiger partial charge in [-0.3, -0.25) is 4.79 Å². The standard InChI is InChI=1S/C25H30N4O3S2/c1-3-19-8-11-21-23(17-19)33-25(26-21)28-15-13-27(14-16-28)24(30)22-5-4-12-29(22)34(31,32)20-9-6-18(2)7-10-20/h6-11,17,22H,3-5,12-16H2,1-2H3. The second-order valence-electron chi connectivity index (χ2n) is 9.05. The van der Waals surface area contributed by atoms with E-state index in [4.69, 9.17) is 4.98 Å². The second kappa shape index (κ2) is 9.28. The maximum Gasteiger partial charge on any atom is 0.243 e. The molecule has 1 atom stereocenters. The molecular formula is C25H30N4O3S2. The van der Waals surface area contributed by atoms with E-state index in [1.807, 2.05) is 11.8 Å². The Morgan fingerprint density at radius 2 is 1.79 bits per heavy atom. The van der Waals surface area contributed by atoms with Crippen molar-refractivity contribution in [1.82, 2.24) is 14.2 Å². The van der Waals surface area contributed by atoms with Gasteiger partial charge in [0, 0.05) is 32.7 Å². The molecule has 7 nitrogen and oxygen atoms in total. The highest BCUT2D eigenvalue weighted by Crippen LogP contribution is 2.31. The van der Waals surface area contributed by atoms with Gasteiger partial charge in [0.25, 0.3) is 0 Å². The van der Waals surface area contributed by atoms with Crippen LogP contribution in [-0.4, -0.2) is 67.3 Å². The van der Waals surface area contributed by atoms with Gasteiger partial charge in [0.05, 0.1) is 15.1 Å². The Kier molecular flexibility index (Phi) is 6.35. The lowest BCUT2D eigenvalue weighted by Gasteiger charge is -2.37. The summed E-state index contributed by atoms with van der Waals surface area (Å²) < 4.78 is 29.1. The van der Waals surface area contributed by atoms with Crippen LogP contribution in [0.5, 0.6) is 0 Å². The predicted molar refractivity (Wildman–Crippen MR) is 136 cm³/mol. The van der Waals surface area contributed by atoms with E-state index in [2.05, 4.69) is 30.0 Å². The fourth-order valence-corrected chi connectivity index (χ4v) is 7.49. The molecule has 0 N–H and O–H groups in total. The third-order valence-electron chi connectivity index (χ3n) is 6.83. The van der Waals surface area contributed by atoms with Crippen LogP contribution in [0.1, 0.15) is 30.9 Å². The van der Waals surface area contributed by atoms with Crippen LogP contribution in [-0.2, 0) is 21.2 Å². The Balaban J connectivity index is 1.26. The molecule has 3 aromatic rings. The van der Waals surface area contributed by atoms with Crippen LogP contribution in [0.15, 0.2) is 47.4 Å². The fraction of sp³-hybridized carbons (Fsp3) is 0.440. The molecule has 2 fully saturated rings.